The third kappa shape index (κ3) is 6.17. The summed E-state index contributed by atoms with van der Waals surface area (Å²) in [4.78, 5) is 11.6. The first kappa shape index (κ1) is 17.9. The van der Waals surface area contributed by atoms with E-state index >= 15 is 0 Å². The molecule has 0 amide bonds. The van der Waals surface area contributed by atoms with Crippen molar-refractivity contribution in [2.24, 2.45) is 17.8 Å². The number of halogens is 2. The van der Waals surface area contributed by atoms with Crippen LogP contribution in [0.1, 0.15) is 59.8 Å². The van der Waals surface area contributed by atoms with Gasteiger partial charge in [0.1, 0.15) is 0 Å². The highest BCUT2D eigenvalue weighted by Crippen LogP contribution is 2.32. The fourth-order valence-electron chi connectivity index (χ4n) is 2.26. The van der Waals surface area contributed by atoms with Crippen LogP contribution in [0.5, 0.6) is 0 Å². The van der Waals surface area contributed by atoms with Crippen LogP contribution < -0.4 is 0 Å². The summed E-state index contributed by atoms with van der Waals surface area (Å²) in [6.45, 7) is 8.09. The largest absolute Gasteiger partial charge is 0.348 e. The predicted octanol–water partition coefficient (Wildman–Crippen LogP) is 4.96. The molecule has 0 aliphatic carbocycles. The Morgan fingerprint density at radius 3 is 2.17 bits per heavy atom. The normalized spacial score (nSPS) is 15.8. The zero-order valence-corrected chi connectivity index (χ0v) is 12.8. The number of thiol groups is 1. The molecule has 0 heterocycles. The summed E-state index contributed by atoms with van der Waals surface area (Å²) in [6.07, 6.45) is 4.21. The molecule has 0 saturated heterocycles. The van der Waals surface area contributed by atoms with Crippen molar-refractivity contribution in [1.29, 1.82) is 0 Å². The zero-order chi connectivity index (χ0) is 14.3. The molecule has 0 saturated carbocycles. The van der Waals surface area contributed by atoms with Crippen molar-refractivity contribution in [3.63, 3.8) is 0 Å². The molecular weight excluding hydrogens is 254 g/mol. The first-order valence-electron chi connectivity index (χ1n) is 6.88. The summed E-state index contributed by atoms with van der Waals surface area (Å²) >= 11 is 3.10. The van der Waals surface area contributed by atoms with Crippen molar-refractivity contribution in [2.75, 3.05) is 0 Å². The molecule has 0 aromatic carbocycles. The van der Waals surface area contributed by atoms with Crippen molar-refractivity contribution >= 4 is 18.4 Å². The van der Waals surface area contributed by atoms with E-state index in [-0.39, 0.29) is 0 Å². The van der Waals surface area contributed by atoms with Crippen molar-refractivity contribution in [3.8, 4) is 0 Å². The third-order valence-corrected chi connectivity index (χ3v) is 3.84. The first-order valence-corrected chi connectivity index (χ1v) is 7.33. The van der Waals surface area contributed by atoms with E-state index in [9.17, 15) is 13.6 Å². The lowest BCUT2D eigenvalue weighted by Crippen LogP contribution is -2.31. The molecule has 0 spiro atoms. The van der Waals surface area contributed by atoms with E-state index in [0.717, 1.165) is 19.3 Å². The van der Waals surface area contributed by atoms with Gasteiger partial charge >= 0.3 is 5.25 Å². The quantitative estimate of drug-likeness (QED) is 0.591. The Bertz CT molecular complexity index is 249. The summed E-state index contributed by atoms with van der Waals surface area (Å²) in [5.74, 6) is -0.821. The molecule has 2 atom stereocenters. The van der Waals surface area contributed by atoms with Gasteiger partial charge < -0.3 is 0 Å². The number of hydrogen-bond acceptors (Lipinski definition) is 2. The molecule has 0 N–H and O–H groups in total. The highest BCUT2D eigenvalue weighted by molar-refractivity contribution is 7.82. The molecule has 0 rings (SSSR count). The number of unbranched alkanes of at least 4 members (excludes halogenated alkanes) is 1. The minimum atomic E-state index is -3.49. The predicted molar refractivity (Wildman–Crippen MR) is 75.2 cm³/mol. The Balaban J connectivity index is 4.61. The van der Waals surface area contributed by atoms with Gasteiger partial charge in [-0.25, -0.2) is 0 Å². The minimum absolute atomic E-state index is 0.342. The molecule has 0 bridgehead atoms. The van der Waals surface area contributed by atoms with Crippen molar-refractivity contribution in [2.45, 2.75) is 65.1 Å². The van der Waals surface area contributed by atoms with Gasteiger partial charge in [-0.3, -0.25) is 4.79 Å². The topological polar surface area (TPSA) is 17.1 Å². The van der Waals surface area contributed by atoms with E-state index in [4.69, 9.17) is 0 Å². The molecule has 2 unspecified atom stereocenters. The summed E-state index contributed by atoms with van der Waals surface area (Å²) in [6, 6.07) is 0. The van der Waals surface area contributed by atoms with Crippen LogP contribution in [0.25, 0.3) is 0 Å². The standard InChI is InChI=1S/C14H26F2OS/c1-5-7-8-12(10(3)4)9-11(6-2)13(17)14(15,16)18/h10-12,18H,5-9H2,1-4H3. The van der Waals surface area contributed by atoms with Crippen LogP contribution in [-0.2, 0) is 4.79 Å². The summed E-state index contributed by atoms with van der Waals surface area (Å²) < 4.78 is 25.9. The lowest BCUT2D eigenvalue weighted by molar-refractivity contribution is -0.137. The lowest BCUT2D eigenvalue weighted by atomic mass is 9.80. The average Bonchev–Trinajstić information content (AvgIpc) is 2.27. The van der Waals surface area contributed by atoms with Crippen molar-refractivity contribution in [1.82, 2.24) is 0 Å². The summed E-state index contributed by atoms with van der Waals surface area (Å²) in [7, 11) is 0. The van der Waals surface area contributed by atoms with Gasteiger partial charge in [-0.1, -0.05) is 59.6 Å². The van der Waals surface area contributed by atoms with Crippen molar-refractivity contribution in [3.05, 3.63) is 0 Å². The number of carbonyl (C=O) groups excluding carboxylic acids is 1. The van der Waals surface area contributed by atoms with Gasteiger partial charge in [0.15, 0.2) is 0 Å². The Morgan fingerprint density at radius 2 is 1.83 bits per heavy atom. The van der Waals surface area contributed by atoms with Crippen LogP contribution in [0.3, 0.4) is 0 Å². The average molecular weight is 280 g/mol. The molecule has 0 radical (unpaired) electrons. The van der Waals surface area contributed by atoms with Gasteiger partial charge in [0.25, 0.3) is 0 Å². The second kappa shape index (κ2) is 8.13. The van der Waals surface area contributed by atoms with Gasteiger partial charge in [-0.15, -0.1) is 0 Å². The Hall–Kier alpha value is -0.120. The first-order chi connectivity index (χ1) is 8.23. The van der Waals surface area contributed by atoms with Crippen LogP contribution in [-0.4, -0.2) is 11.0 Å². The second-order valence-corrected chi connectivity index (χ2v) is 5.95. The van der Waals surface area contributed by atoms with E-state index in [0.29, 0.717) is 24.7 Å². The van der Waals surface area contributed by atoms with Crippen LogP contribution >= 0.6 is 12.6 Å². The highest BCUT2D eigenvalue weighted by Gasteiger charge is 2.39. The van der Waals surface area contributed by atoms with Gasteiger partial charge in [0.05, 0.1) is 0 Å². The molecular formula is C14H26F2OS. The SMILES string of the molecule is CCCCC(CC(CC)C(=O)C(F)(F)S)C(C)C. The van der Waals surface area contributed by atoms with Gasteiger partial charge in [-0.05, 0) is 24.7 Å². The number of carbonyl (C=O) groups is 1. The summed E-state index contributed by atoms with van der Waals surface area (Å²) in [5.41, 5.74) is 0. The smallest absolute Gasteiger partial charge is 0.292 e. The lowest BCUT2D eigenvalue weighted by Gasteiger charge is -2.26. The molecule has 0 aromatic heterocycles. The number of hydrogen-bond donors (Lipinski definition) is 1. The molecule has 0 aliphatic heterocycles. The molecule has 0 aromatic rings. The number of Topliss-reactive ketones (excluding diaryl/α,β-unsaturated/α-hetero) is 1. The highest BCUT2D eigenvalue weighted by atomic mass is 32.1. The number of ketones is 1. The van der Waals surface area contributed by atoms with E-state index in [1.54, 1.807) is 6.92 Å². The molecule has 108 valence electrons. The van der Waals surface area contributed by atoms with Gasteiger partial charge in [0.2, 0.25) is 5.78 Å². The Labute approximate surface area is 115 Å². The maximum absolute atomic E-state index is 13.0. The van der Waals surface area contributed by atoms with Crippen LogP contribution in [0, 0.1) is 17.8 Å². The molecule has 18 heavy (non-hydrogen) atoms. The van der Waals surface area contributed by atoms with E-state index in [1.165, 1.54) is 0 Å². The van der Waals surface area contributed by atoms with Crippen LogP contribution in [0.15, 0.2) is 0 Å². The zero-order valence-electron chi connectivity index (χ0n) is 11.9. The van der Waals surface area contributed by atoms with Crippen LogP contribution in [0.4, 0.5) is 8.78 Å². The number of alkyl halides is 2. The fraction of sp³-hybridized carbons (Fsp3) is 0.929. The third-order valence-electron chi connectivity index (χ3n) is 3.62. The molecule has 0 aliphatic rings. The maximum atomic E-state index is 13.0. The fourth-order valence-corrected chi connectivity index (χ4v) is 2.44. The Kier molecular flexibility index (Phi) is 8.08. The second-order valence-electron chi connectivity index (χ2n) is 5.39. The van der Waals surface area contributed by atoms with Crippen LogP contribution in [0.2, 0.25) is 0 Å². The maximum Gasteiger partial charge on any atom is 0.348 e. The number of rotatable bonds is 9. The van der Waals surface area contributed by atoms with Crippen molar-refractivity contribution < 1.29 is 13.6 Å². The molecule has 1 nitrogen and oxygen atoms in total. The minimum Gasteiger partial charge on any atom is -0.292 e. The molecule has 0 fully saturated rings. The van der Waals surface area contributed by atoms with E-state index in [2.05, 4.69) is 33.4 Å². The van der Waals surface area contributed by atoms with Gasteiger partial charge in [0, 0.05) is 5.92 Å². The Morgan fingerprint density at radius 1 is 1.28 bits per heavy atom. The van der Waals surface area contributed by atoms with E-state index in [1.807, 2.05) is 0 Å². The monoisotopic (exact) mass is 280 g/mol. The summed E-state index contributed by atoms with van der Waals surface area (Å²) in [5, 5.41) is -3.49. The van der Waals surface area contributed by atoms with Gasteiger partial charge in [-0.2, -0.15) is 8.78 Å². The van der Waals surface area contributed by atoms with E-state index < -0.39 is 17.0 Å². The molecule has 4 heteroatoms.